The summed E-state index contributed by atoms with van der Waals surface area (Å²) in [4.78, 5) is 0. The van der Waals surface area contributed by atoms with Gasteiger partial charge in [-0.05, 0) is 60.3 Å². The van der Waals surface area contributed by atoms with Crippen LogP contribution in [-0.2, 0) is 25.2 Å². The standard InChI is InChI=1S/C37H48O6Si/c1-28(40-27-29-21-23-30(39-7)24-22-29)15-14-20-33(38)35-34(42-37(5,6)43-35)25-26-41-44(36(2,3)4,31-16-10-8-11-17-31)32-18-12-9-13-19-32/h8-13,16-19,21-24,28,33-35,38H,15,25-27H2,1-7H3/t28-,33?,34+,35-/m1/s1. The molecule has 0 spiro atoms. The largest absolute Gasteiger partial charge is 0.497 e. The Balaban J connectivity index is 1.41. The summed E-state index contributed by atoms with van der Waals surface area (Å²) in [6.07, 6.45) is -0.982. The molecule has 4 atom stereocenters. The molecular weight excluding hydrogens is 568 g/mol. The van der Waals surface area contributed by atoms with Crippen LogP contribution in [0.5, 0.6) is 5.75 Å². The fourth-order valence-electron chi connectivity index (χ4n) is 5.85. The van der Waals surface area contributed by atoms with Gasteiger partial charge in [0.2, 0.25) is 0 Å². The van der Waals surface area contributed by atoms with Crippen molar-refractivity contribution in [1.82, 2.24) is 0 Å². The van der Waals surface area contributed by atoms with Crippen molar-refractivity contribution < 1.29 is 28.5 Å². The normalized spacial score (nSPS) is 19.5. The van der Waals surface area contributed by atoms with E-state index in [9.17, 15) is 5.11 Å². The number of aliphatic hydroxyl groups is 1. The topological polar surface area (TPSA) is 66.4 Å². The zero-order valence-electron chi connectivity index (χ0n) is 27.2. The number of hydrogen-bond acceptors (Lipinski definition) is 6. The molecule has 0 amide bonds. The lowest BCUT2D eigenvalue weighted by Gasteiger charge is -2.43. The Bertz CT molecular complexity index is 1320. The number of hydrogen-bond donors (Lipinski definition) is 1. The van der Waals surface area contributed by atoms with Gasteiger partial charge in [0, 0.05) is 13.0 Å². The summed E-state index contributed by atoms with van der Waals surface area (Å²) in [7, 11) is -1.03. The minimum Gasteiger partial charge on any atom is -0.497 e. The van der Waals surface area contributed by atoms with Crippen LogP contribution in [0, 0.1) is 11.8 Å². The van der Waals surface area contributed by atoms with Gasteiger partial charge in [0.15, 0.2) is 5.79 Å². The molecule has 236 valence electrons. The van der Waals surface area contributed by atoms with E-state index < -0.39 is 26.3 Å². The van der Waals surface area contributed by atoms with Gasteiger partial charge in [0.25, 0.3) is 8.32 Å². The van der Waals surface area contributed by atoms with Crippen molar-refractivity contribution in [1.29, 1.82) is 0 Å². The number of rotatable bonds is 12. The van der Waals surface area contributed by atoms with E-state index in [1.54, 1.807) is 7.11 Å². The quantitative estimate of drug-likeness (QED) is 0.204. The van der Waals surface area contributed by atoms with E-state index in [-0.39, 0.29) is 17.2 Å². The monoisotopic (exact) mass is 616 g/mol. The number of methoxy groups -OCH3 is 1. The van der Waals surface area contributed by atoms with Gasteiger partial charge in [-0.1, -0.05) is 105 Å². The molecule has 0 bridgehead atoms. The van der Waals surface area contributed by atoms with Crippen LogP contribution in [0.25, 0.3) is 0 Å². The molecule has 1 saturated heterocycles. The lowest BCUT2D eigenvalue weighted by molar-refractivity contribution is -0.152. The predicted octanol–water partition coefficient (Wildman–Crippen LogP) is 5.84. The molecular formula is C37H48O6Si. The van der Waals surface area contributed by atoms with Gasteiger partial charge in [-0.3, -0.25) is 0 Å². The van der Waals surface area contributed by atoms with Gasteiger partial charge >= 0.3 is 0 Å². The molecule has 1 N–H and O–H groups in total. The molecule has 4 rings (SSSR count). The first kappa shape index (κ1) is 33.9. The zero-order valence-corrected chi connectivity index (χ0v) is 28.2. The van der Waals surface area contributed by atoms with Crippen molar-refractivity contribution in [3.63, 3.8) is 0 Å². The SMILES string of the molecule is COc1ccc(CO[C@H](C)CC#CC(O)[C@H]2OC(C)(C)O[C@H]2CCO[Si](c2ccccc2)(c2ccccc2)C(C)(C)C)cc1. The Labute approximate surface area is 264 Å². The van der Waals surface area contributed by atoms with E-state index >= 15 is 0 Å². The van der Waals surface area contributed by atoms with Crippen LogP contribution < -0.4 is 15.1 Å². The summed E-state index contributed by atoms with van der Waals surface area (Å²) in [5, 5.41) is 13.4. The highest BCUT2D eigenvalue weighted by atomic mass is 28.4. The maximum atomic E-state index is 11.1. The molecule has 0 aliphatic carbocycles. The predicted molar refractivity (Wildman–Crippen MR) is 178 cm³/mol. The molecule has 1 unspecified atom stereocenters. The summed E-state index contributed by atoms with van der Waals surface area (Å²) >= 11 is 0. The highest BCUT2D eigenvalue weighted by Gasteiger charge is 2.51. The van der Waals surface area contributed by atoms with Gasteiger partial charge < -0.3 is 28.5 Å². The van der Waals surface area contributed by atoms with Gasteiger partial charge in [-0.15, -0.1) is 0 Å². The van der Waals surface area contributed by atoms with Crippen molar-refractivity contribution in [3.8, 4) is 17.6 Å². The minimum atomic E-state index is -2.68. The molecule has 44 heavy (non-hydrogen) atoms. The van der Waals surface area contributed by atoms with Gasteiger partial charge in [-0.2, -0.15) is 0 Å². The maximum absolute atomic E-state index is 11.1. The Hall–Kier alpha value is -2.96. The number of benzene rings is 3. The zero-order chi connectivity index (χ0) is 31.8. The summed E-state index contributed by atoms with van der Waals surface area (Å²) in [5.41, 5.74) is 1.06. The van der Waals surface area contributed by atoms with Crippen LogP contribution in [-0.4, -0.2) is 57.3 Å². The first-order chi connectivity index (χ1) is 20.9. The lowest BCUT2D eigenvalue weighted by atomic mass is 10.1. The average molecular weight is 617 g/mol. The van der Waals surface area contributed by atoms with Crippen LogP contribution in [0.2, 0.25) is 5.04 Å². The lowest BCUT2D eigenvalue weighted by Crippen LogP contribution is -2.66. The molecule has 3 aromatic carbocycles. The van der Waals surface area contributed by atoms with Gasteiger partial charge in [0.05, 0.1) is 25.9 Å². The molecule has 1 heterocycles. The van der Waals surface area contributed by atoms with E-state index in [0.29, 0.717) is 26.1 Å². The van der Waals surface area contributed by atoms with Crippen LogP contribution >= 0.6 is 0 Å². The minimum absolute atomic E-state index is 0.0929. The van der Waals surface area contributed by atoms with E-state index in [4.69, 9.17) is 23.4 Å². The molecule has 0 saturated carbocycles. The third-order valence-corrected chi connectivity index (χ3v) is 13.0. The van der Waals surface area contributed by atoms with Crippen molar-refractivity contribution in [3.05, 3.63) is 90.5 Å². The Morgan fingerprint density at radius 1 is 0.909 bits per heavy atom. The second kappa shape index (κ2) is 14.9. The molecule has 0 radical (unpaired) electrons. The second-order valence-corrected chi connectivity index (χ2v) is 17.2. The maximum Gasteiger partial charge on any atom is 0.261 e. The third kappa shape index (κ3) is 8.39. The molecule has 6 nitrogen and oxygen atoms in total. The van der Waals surface area contributed by atoms with Crippen LogP contribution in [0.3, 0.4) is 0 Å². The van der Waals surface area contributed by atoms with Crippen LogP contribution in [0.15, 0.2) is 84.9 Å². The molecule has 0 aromatic heterocycles. The van der Waals surface area contributed by atoms with Gasteiger partial charge in [-0.25, -0.2) is 0 Å². The number of ether oxygens (including phenoxy) is 4. The second-order valence-electron chi connectivity index (χ2n) is 12.9. The Morgan fingerprint density at radius 3 is 2.05 bits per heavy atom. The average Bonchev–Trinajstić information content (AvgIpc) is 3.32. The van der Waals surface area contributed by atoms with E-state index in [1.165, 1.54) is 10.4 Å². The van der Waals surface area contributed by atoms with Crippen molar-refractivity contribution >= 4 is 18.7 Å². The summed E-state index contributed by atoms with van der Waals surface area (Å²) in [6.45, 7) is 13.5. The van der Waals surface area contributed by atoms with Crippen molar-refractivity contribution in [2.75, 3.05) is 13.7 Å². The van der Waals surface area contributed by atoms with Crippen molar-refractivity contribution in [2.24, 2.45) is 0 Å². The molecule has 1 fully saturated rings. The van der Waals surface area contributed by atoms with E-state index in [0.717, 1.165) is 11.3 Å². The van der Waals surface area contributed by atoms with Gasteiger partial charge in [0.1, 0.15) is 18.0 Å². The first-order valence-corrected chi connectivity index (χ1v) is 17.4. The fourth-order valence-corrected chi connectivity index (χ4v) is 10.4. The molecule has 7 heteroatoms. The fraction of sp³-hybridized carbons (Fsp3) is 0.459. The van der Waals surface area contributed by atoms with Crippen molar-refractivity contribution in [2.45, 2.75) is 96.2 Å². The number of aliphatic hydroxyl groups excluding tert-OH is 1. The third-order valence-electron chi connectivity index (χ3n) is 8.00. The summed E-state index contributed by atoms with van der Waals surface area (Å²) in [5.74, 6) is 6.08. The van der Waals surface area contributed by atoms with Crippen LogP contribution in [0.1, 0.15) is 59.9 Å². The van der Waals surface area contributed by atoms with E-state index in [2.05, 4.69) is 81.1 Å². The molecule has 3 aromatic rings. The highest BCUT2D eigenvalue weighted by molar-refractivity contribution is 6.99. The summed E-state index contributed by atoms with van der Waals surface area (Å²) < 4.78 is 30.7. The summed E-state index contributed by atoms with van der Waals surface area (Å²) in [6, 6.07) is 29.0. The molecule has 1 aliphatic heterocycles. The first-order valence-electron chi connectivity index (χ1n) is 15.5. The van der Waals surface area contributed by atoms with E-state index in [1.807, 2.05) is 57.2 Å². The molecule has 1 aliphatic rings. The Kier molecular flexibility index (Phi) is 11.5. The highest BCUT2D eigenvalue weighted by Crippen LogP contribution is 2.38. The smallest absolute Gasteiger partial charge is 0.261 e. The van der Waals surface area contributed by atoms with Crippen LogP contribution in [0.4, 0.5) is 0 Å². The Morgan fingerprint density at radius 2 is 1.50 bits per heavy atom.